The number of fused-ring (bicyclic) bond motifs is 2. The lowest BCUT2D eigenvalue weighted by molar-refractivity contribution is 0.308. The molecule has 140 valence electrons. The van der Waals surface area contributed by atoms with Crippen LogP contribution in [0.2, 0.25) is 0 Å². The summed E-state index contributed by atoms with van der Waals surface area (Å²) in [6.45, 7) is 0.337. The number of furan rings is 1. The van der Waals surface area contributed by atoms with Crippen molar-refractivity contribution >= 4 is 27.3 Å². The van der Waals surface area contributed by atoms with Gasteiger partial charge in [-0.3, -0.25) is 0 Å². The topological polar surface area (TPSA) is 61.8 Å². The average molecular weight is 395 g/mol. The van der Waals surface area contributed by atoms with Crippen LogP contribution in [0.25, 0.3) is 27.4 Å². The Morgan fingerprint density at radius 3 is 2.82 bits per heavy atom. The zero-order chi connectivity index (χ0) is 19.1. The highest BCUT2D eigenvalue weighted by molar-refractivity contribution is 7.18. The monoisotopic (exact) mass is 395 g/mol. The zero-order valence-corrected chi connectivity index (χ0v) is 15.6. The van der Waals surface area contributed by atoms with E-state index in [1.165, 1.54) is 23.5 Å². The van der Waals surface area contributed by atoms with Gasteiger partial charge in [-0.25, -0.2) is 13.9 Å². The van der Waals surface area contributed by atoms with E-state index < -0.39 is 5.82 Å². The molecule has 0 spiro atoms. The van der Waals surface area contributed by atoms with Crippen molar-refractivity contribution in [2.75, 3.05) is 7.11 Å². The second-order valence-electron chi connectivity index (χ2n) is 6.13. The fourth-order valence-electron chi connectivity index (χ4n) is 2.94. The standard InChI is InChI=1S/C20H14FN3O3S/c1-25-20-23-24-10-15(22-19(24)28-20)18-9-14-16(7-13(21)8-17(14)27-18)26-11-12-5-3-2-4-6-12/h2-10H,11H2,1H3. The zero-order valence-electron chi connectivity index (χ0n) is 14.8. The summed E-state index contributed by atoms with van der Waals surface area (Å²) in [5.74, 6) is 0.519. The van der Waals surface area contributed by atoms with Gasteiger partial charge >= 0.3 is 0 Å². The Hall–Kier alpha value is -3.39. The molecule has 5 rings (SSSR count). The largest absolute Gasteiger partial charge is 0.488 e. The maximum atomic E-state index is 14.1. The highest BCUT2D eigenvalue weighted by Crippen LogP contribution is 2.35. The van der Waals surface area contributed by atoms with E-state index in [-0.39, 0.29) is 0 Å². The highest BCUT2D eigenvalue weighted by atomic mass is 32.1. The second kappa shape index (κ2) is 6.65. The van der Waals surface area contributed by atoms with Crippen LogP contribution in [0.4, 0.5) is 4.39 Å². The molecule has 2 aromatic carbocycles. The first-order chi connectivity index (χ1) is 13.7. The molecule has 5 aromatic rings. The van der Waals surface area contributed by atoms with Gasteiger partial charge in [0.25, 0.3) is 5.19 Å². The van der Waals surface area contributed by atoms with Crippen LogP contribution >= 0.6 is 11.3 Å². The summed E-state index contributed by atoms with van der Waals surface area (Å²) >= 11 is 1.32. The van der Waals surface area contributed by atoms with Gasteiger partial charge in [0.05, 0.1) is 18.7 Å². The van der Waals surface area contributed by atoms with Crippen LogP contribution in [-0.2, 0) is 6.61 Å². The molecule has 0 aliphatic rings. The Labute approximate surface area is 162 Å². The summed E-state index contributed by atoms with van der Waals surface area (Å²) < 4.78 is 32.5. The molecule has 28 heavy (non-hydrogen) atoms. The average Bonchev–Trinajstić information content (AvgIpc) is 3.39. The van der Waals surface area contributed by atoms with Crippen LogP contribution in [0.1, 0.15) is 5.56 Å². The summed E-state index contributed by atoms with van der Waals surface area (Å²) in [5, 5.41) is 5.46. The number of methoxy groups -OCH3 is 1. The third-order valence-corrected chi connectivity index (χ3v) is 5.14. The molecule has 3 aromatic heterocycles. The van der Waals surface area contributed by atoms with E-state index in [2.05, 4.69) is 10.1 Å². The third-order valence-electron chi connectivity index (χ3n) is 4.25. The van der Waals surface area contributed by atoms with Crippen molar-refractivity contribution in [3.63, 3.8) is 0 Å². The van der Waals surface area contributed by atoms with Crippen LogP contribution in [-0.4, -0.2) is 21.7 Å². The predicted molar refractivity (Wildman–Crippen MR) is 103 cm³/mol. The summed E-state index contributed by atoms with van der Waals surface area (Å²) in [4.78, 5) is 5.18. The Kier molecular flexibility index (Phi) is 3.98. The number of nitrogens with zero attached hydrogens (tertiary/aromatic N) is 3. The fraction of sp³-hybridized carbons (Fsp3) is 0.100. The van der Waals surface area contributed by atoms with Crippen molar-refractivity contribution in [2.45, 2.75) is 6.61 Å². The SMILES string of the molecule is COc1nn2cc(-c3cc4c(OCc5ccccc5)cc(F)cc4o3)nc2s1. The van der Waals surface area contributed by atoms with E-state index in [4.69, 9.17) is 13.9 Å². The molecule has 0 aliphatic carbocycles. The van der Waals surface area contributed by atoms with E-state index in [0.29, 0.717) is 44.9 Å². The molecule has 3 heterocycles. The number of hydrogen-bond donors (Lipinski definition) is 0. The van der Waals surface area contributed by atoms with Gasteiger partial charge in [-0.05, 0) is 23.0 Å². The summed E-state index contributed by atoms with van der Waals surface area (Å²) in [6.07, 6.45) is 1.74. The first-order valence-corrected chi connectivity index (χ1v) is 9.31. The molecule has 8 heteroatoms. The third kappa shape index (κ3) is 2.97. The van der Waals surface area contributed by atoms with Gasteiger partial charge in [0.1, 0.15) is 29.5 Å². The normalized spacial score (nSPS) is 11.4. The molecule has 0 radical (unpaired) electrons. The van der Waals surface area contributed by atoms with Gasteiger partial charge < -0.3 is 13.9 Å². The van der Waals surface area contributed by atoms with Crippen LogP contribution < -0.4 is 9.47 Å². The van der Waals surface area contributed by atoms with Crippen LogP contribution in [0.5, 0.6) is 10.9 Å². The molecular formula is C20H14FN3O3S. The number of hydrogen-bond acceptors (Lipinski definition) is 6. The lowest BCUT2D eigenvalue weighted by Gasteiger charge is -2.07. The lowest BCUT2D eigenvalue weighted by atomic mass is 10.2. The quantitative estimate of drug-likeness (QED) is 0.422. The van der Waals surface area contributed by atoms with Gasteiger partial charge in [-0.2, -0.15) is 0 Å². The Balaban J connectivity index is 1.51. The first-order valence-electron chi connectivity index (χ1n) is 8.50. The molecule has 0 saturated heterocycles. The number of aromatic nitrogens is 3. The van der Waals surface area contributed by atoms with Gasteiger partial charge in [0.2, 0.25) is 4.96 Å². The molecule has 0 saturated carbocycles. The molecule has 0 atom stereocenters. The smallest absolute Gasteiger partial charge is 0.294 e. The van der Waals surface area contributed by atoms with E-state index in [0.717, 1.165) is 5.56 Å². The molecule has 0 fully saturated rings. The molecule has 6 nitrogen and oxygen atoms in total. The number of benzene rings is 2. The number of rotatable bonds is 5. The fourth-order valence-corrected chi connectivity index (χ4v) is 3.64. The molecule has 0 unspecified atom stereocenters. The summed E-state index contributed by atoms with van der Waals surface area (Å²) in [5.41, 5.74) is 2.00. The minimum absolute atomic E-state index is 0.337. The van der Waals surface area contributed by atoms with Crippen LogP contribution in [0.3, 0.4) is 0 Å². The van der Waals surface area contributed by atoms with Crippen LogP contribution in [0.15, 0.2) is 59.1 Å². The van der Waals surface area contributed by atoms with Crippen molar-refractivity contribution in [3.8, 4) is 22.4 Å². The maximum Gasteiger partial charge on any atom is 0.294 e. The second-order valence-corrected chi connectivity index (χ2v) is 7.04. The number of ether oxygens (including phenoxy) is 2. The van der Waals surface area contributed by atoms with Crippen molar-refractivity contribution < 1.29 is 18.3 Å². The number of halogens is 1. The van der Waals surface area contributed by atoms with E-state index in [1.54, 1.807) is 23.9 Å². The van der Waals surface area contributed by atoms with Gasteiger partial charge in [-0.1, -0.05) is 30.3 Å². The van der Waals surface area contributed by atoms with Gasteiger partial charge in [0.15, 0.2) is 5.76 Å². The van der Waals surface area contributed by atoms with Gasteiger partial charge in [-0.15, -0.1) is 5.10 Å². The highest BCUT2D eigenvalue weighted by Gasteiger charge is 2.17. The van der Waals surface area contributed by atoms with Gasteiger partial charge in [0, 0.05) is 12.1 Å². The predicted octanol–water partition coefficient (Wildman–Crippen LogP) is 4.93. The van der Waals surface area contributed by atoms with E-state index in [9.17, 15) is 4.39 Å². The molecule has 0 bridgehead atoms. The molecule has 0 aliphatic heterocycles. The Bertz CT molecular complexity index is 1240. The van der Waals surface area contributed by atoms with Crippen molar-refractivity contribution in [2.24, 2.45) is 0 Å². The minimum Gasteiger partial charge on any atom is -0.488 e. The first kappa shape index (κ1) is 16.8. The summed E-state index contributed by atoms with van der Waals surface area (Å²) in [6, 6.07) is 14.2. The van der Waals surface area contributed by atoms with E-state index in [1.807, 2.05) is 30.3 Å². The Morgan fingerprint density at radius 1 is 1.18 bits per heavy atom. The van der Waals surface area contributed by atoms with Crippen molar-refractivity contribution in [1.29, 1.82) is 0 Å². The number of imidazole rings is 1. The molecule has 0 amide bonds. The Morgan fingerprint density at radius 2 is 2.04 bits per heavy atom. The lowest BCUT2D eigenvalue weighted by Crippen LogP contribution is -1.95. The van der Waals surface area contributed by atoms with Crippen molar-refractivity contribution in [3.05, 3.63) is 66.1 Å². The minimum atomic E-state index is -0.423. The summed E-state index contributed by atoms with van der Waals surface area (Å²) in [7, 11) is 1.56. The molecular weight excluding hydrogens is 381 g/mol. The van der Waals surface area contributed by atoms with Crippen molar-refractivity contribution in [1.82, 2.24) is 14.6 Å². The maximum absolute atomic E-state index is 14.1. The molecule has 0 N–H and O–H groups in total. The van der Waals surface area contributed by atoms with Crippen LogP contribution in [0, 0.1) is 5.82 Å². The van der Waals surface area contributed by atoms with E-state index >= 15 is 0 Å².